The minimum absolute atomic E-state index is 0.402. The summed E-state index contributed by atoms with van der Waals surface area (Å²) in [6, 6.07) is 2.28. The average Bonchev–Trinajstić information content (AvgIpc) is 2.29. The normalized spacial score (nSPS) is 21.2. The minimum atomic E-state index is 0.402. The highest BCUT2D eigenvalue weighted by atomic mass is 79.9. The fourth-order valence-corrected chi connectivity index (χ4v) is 2.76. The quantitative estimate of drug-likeness (QED) is 0.839. The first-order chi connectivity index (χ1) is 7.72. The van der Waals surface area contributed by atoms with Crippen molar-refractivity contribution < 1.29 is 4.74 Å². The standard InChI is InChI=1S/C11H14BrClN2O/c1-2-9-7-16-4-3-15(9)11-10(12)5-8(13)6-14-11/h5-6,9H,2-4,7H2,1H3. The number of hydrogen-bond acceptors (Lipinski definition) is 3. The predicted molar refractivity (Wildman–Crippen MR) is 69.2 cm³/mol. The van der Waals surface area contributed by atoms with Gasteiger partial charge in [0.05, 0.1) is 28.8 Å². The van der Waals surface area contributed by atoms with Gasteiger partial charge in [-0.1, -0.05) is 18.5 Å². The van der Waals surface area contributed by atoms with Crippen LogP contribution in [0.5, 0.6) is 0 Å². The van der Waals surface area contributed by atoms with Crippen molar-refractivity contribution in [1.29, 1.82) is 0 Å². The zero-order chi connectivity index (χ0) is 11.5. The van der Waals surface area contributed by atoms with Crippen molar-refractivity contribution in [2.45, 2.75) is 19.4 Å². The Morgan fingerprint density at radius 2 is 2.50 bits per heavy atom. The summed E-state index contributed by atoms with van der Waals surface area (Å²) in [6.45, 7) is 4.57. The van der Waals surface area contributed by atoms with Crippen molar-refractivity contribution in [3.8, 4) is 0 Å². The van der Waals surface area contributed by atoms with Gasteiger partial charge >= 0.3 is 0 Å². The van der Waals surface area contributed by atoms with Gasteiger partial charge in [0, 0.05) is 12.7 Å². The third kappa shape index (κ3) is 2.50. The van der Waals surface area contributed by atoms with Crippen LogP contribution < -0.4 is 4.90 Å². The summed E-state index contributed by atoms with van der Waals surface area (Å²) in [7, 11) is 0. The van der Waals surface area contributed by atoms with Crippen molar-refractivity contribution in [1.82, 2.24) is 4.98 Å². The molecular weight excluding hydrogens is 291 g/mol. The van der Waals surface area contributed by atoms with E-state index in [4.69, 9.17) is 16.3 Å². The molecule has 0 saturated carbocycles. The first-order valence-corrected chi connectivity index (χ1v) is 6.55. The number of rotatable bonds is 2. The monoisotopic (exact) mass is 304 g/mol. The predicted octanol–water partition coefficient (Wildman–Crippen LogP) is 3.11. The number of ether oxygens (including phenoxy) is 1. The first kappa shape index (κ1) is 12.1. The maximum Gasteiger partial charge on any atom is 0.143 e. The second-order valence-corrected chi connectivity index (χ2v) is 5.08. The molecule has 16 heavy (non-hydrogen) atoms. The molecule has 1 unspecified atom stereocenters. The molecule has 0 spiro atoms. The first-order valence-electron chi connectivity index (χ1n) is 5.37. The number of aromatic nitrogens is 1. The van der Waals surface area contributed by atoms with E-state index in [1.807, 2.05) is 6.07 Å². The van der Waals surface area contributed by atoms with E-state index in [-0.39, 0.29) is 0 Å². The van der Waals surface area contributed by atoms with Crippen LogP contribution in [0.15, 0.2) is 16.7 Å². The summed E-state index contributed by atoms with van der Waals surface area (Å²) < 4.78 is 6.42. The highest BCUT2D eigenvalue weighted by molar-refractivity contribution is 9.10. The second kappa shape index (κ2) is 5.34. The van der Waals surface area contributed by atoms with Gasteiger partial charge in [0.1, 0.15) is 5.82 Å². The Bertz CT molecular complexity index is 375. The van der Waals surface area contributed by atoms with Crippen LogP contribution in [0.4, 0.5) is 5.82 Å². The summed E-state index contributed by atoms with van der Waals surface area (Å²) in [6.07, 6.45) is 2.74. The third-order valence-corrected chi connectivity index (χ3v) is 3.55. The van der Waals surface area contributed by atoms with Crippen molar-refractivity contribution in [2.24, 2.45) is 0 Å². The van der Waals surface area contributed by atoms with Gasteiger partial charge in [0.2, 0.25) is 0 Å². The van der Waals surface area contributed by atoms with Crippen molar-refractivity contribution in [2.75, 3.05) is 24.7 Å². The van der Waals surface area contributed by atoms with Crippen LogP contribution in [0.1, 0.15) is 13.3 Å². The van der Waals surface area contributed by atoms with Crippen LogP contribution >= 0.6 is 27.5 Å². The summed E-state index contributed by atoms with van der Waals surface area (Å²) in [5.74, 6) is 0.958. The van der Waals surface area contributed by atoms with Crippen LogP contribution in [-0.2, 0) is 4.74 Å². The lowest BCUT2D eigenvalue weighted by Gasteiger charge is -2.36. The van der Waals surface area contributed by atoms with Crippen LogP contribution in [0.25, 0.3) is 0 Å². The highest BCUT2D eigenvalue weighted by Gasteiger charge is 2.24. The van der Waals surface area contributed by atoms with Gasteiger partial charge in [0.15, 0.2) is 0 Å². The molecule has 3 nitrogen and oxygen atoms in total. The third-order valence-electron chi connectivity index (χ3n) is 2.76. The van der Waals surface area contributed by atoms with Gasteiger partial charge in [0.25, 0.3) is 0 Å². The molecule has 1 aliphatic rings. The molecule has 1 aromatic heterocycles. The number of morpholine rings is 1. The molecular formula is C11H14BrClN2O. The Kier molecular flexibility index (Phi) is 4.05. The Balaban J connectivity index is 2.27. The van der Waals surface area contributed by atoms with E-state index in [9.17, 15) is 0 Å². The summed E-state index contributed by atoms with van der Waals surface area (Å²) in [5.41, 5.74) is 0. The van der Waals surface area contributed by atoms with E-state index in [2.05, 4.69) is 32.7 Å². The summed E-state index contributed by atoms with van der Waals surface area (Å²) in [5, 5.41) is 0.650. The number of anilines is 1. The molecule has 2 heterocycles. The second-order valence-electron chi connectivity index (χ2n) is 3.79. The van der Waals surface area contributed by atoms with E-state index in [0.29, 0.717) is 11.1 Å². The number of pyridine rings is 1. The molecule has 5 heteroatoms. The van der Waals surface area contributed by atoms with E-state index in [1.165, 1.54) is 0 Å². The van der Waals surface area contributed by atoms with E-state index in [1.54, 1.807) is 6.20 Å². The maximum atomic E-state index is 5.89. The molecule has 0 N–H and O–H groups in total. The molecule has 2 rings (SSSR count). The fourth-order valence-electron chi connectivity index (χ4n) is 1.89. The molecule has 1 saturated heterocycles. The van der Waals surface area contributed by atoms with Gasteiger partial charge in [-0.05, 0) is 28.4 Å². The Morgan fingerprint density at radius 3 is 3.19 bits per heavy atom. The SMILES string of the molecule is CCC1COCCN1c1ncc(Cl)cc1Br. The molecule has 0 aromatic carbocycles. The summed E-state index contributed by atoms with van der Waals surface area (Å²) >= 11 is 9.40. The minimum Gasteiger partial charge on any atom is -0.377 e. The number of hydrogen-bond donors (Lipinski definition) is 0. The molecule has 1 fully saturated rings. The molecule has 88 valence electrons. The number of halogens is 2. The zero-order valence-corrected chi connectivity index (χ0v) is 11.5. The van der Waals surface area contributed by atoms with Gasteiger partial charge in [-0.3, -0.25) is 0 Å². The zero-order valence-electron chi connectivity index (χ0n) is 9.12. The Hall–Kier alpha value is -0.320. The largest absolute Gasteiger partial charge is 0.377 e. The van der Waals surface area contributed by atoms with Crippen molar-refractivity contribution >= 4 is 33.3 Å². The molecule has 0 amide bonds. The smallest absolute Gasteiger partial charge is 0.143 e. The highest BCUT2D eigenvalue weighted by Crippen LogP contribution is 2.29. The van der Waals surface area contributed by atoms with Crippen molar-refractivity contribution in [3.63, 3.8) is 0 Å². The average molecular weight is 306 g/mol. The molecule has 0 radical (unpaired) electrons. The van der Waals surface area contributed by atoms with Gasteiger partial charge in [-0.25, -0.2) is 4.98 Å². The lowest BCUT2D eigenvalue weighted by atomic mass is 10.2. The van der Waals surface area contributed by atoms with Crippen molar-refractivity contribution in [3.05, 3.63) is 21.8 Å². The lowest BCUT2D eigenvalue weighted by Crippen LogP contribution is -2.45. The lowest BCUT2D eigenvalue weighted by molar-refractivity contribution is 0.0925. The number of nitrogens with zero attached hydrogens (tertiary/aromatic N) is 2. The van der Waals surface area contributed by atoms with Gasteiger partial charge in [-0.2, -0.15) is 0 Å². The maximum absolute atomic E-state index is 5.89. The molecule has 0 aliphatic carbocycles. The summed E-state index contributed by atoms with van der Waals surface area (Å²) in [4.78, 5) is 6.67. The van der Waals surface area contributed by atoms with Crippen LogP contribution in [-0.4, -0.2) is 30.8 Å². The van der Waals surface area contributed by atoms with E-state index < -0.39 is 0 Å². The van der Waals surface area contributed by atoms with Crippen LogP contribution in [0, 0.1) is 0 Å². The molecule has 1 aromatic rings. The molecule has 1 atom stereocenters. The molecule has 1 aliphatic heterocycles. The Labute approximate surface area is 109 Å². The Morgan fingerprint density at radius 1 is 1.69 bits per heavy atom. The van der Waals surface area contributed by atoms with Gasteiger partial charge < -0.3 is 9.64 Å². The topological polar surface area (TPSA) is 25.4 Å². The van der Waals surface area contributed by atoms with Gasteiger partial charge in [-0.15, -0.1) is 0 Å². The van der Waals surface area contributed by atoms with Crippen LogP contribution in [0.2, 0.25) is 5.02 Å². The van der Waals surface area contributed by atoms with E-state index >= 15 is 0 Å². The molecule has 0 bridgehead atoms. The fraction of sp³-hybridized carbons (Fsp3) is 0.545. The van der Waals surface area contributed by atoms with Crippen LogP contribution in [0.3, 0.4) is 0 Å². The van der Waals surface area contributed by atoms with E-state index in [0.717, 1.165) is 36.5 Å².